The number of carbonyl (C=O) groups excluding carboxylic acids is 2. The van der Waals surface area contributed by atoms with E-state index in [0.717, 1.165) is 44.0 Å². The number of ether oxygens (including phenoxy) is 1. The van der Waals surface area contributed by atoms with E-state index in [1.807, 2.05) is 27.6 Å². The van der Waals surface area contributed by atoms with Gasteiger partial charge in [0.2, 0.25) is 11.8 Å². The monoisotopic (exact) mass is 364 g/mol. The fourth-order valence-electron chi connectivity index (χ4n) is 4.87. The van der Waals surface area contributed by atoms with Crippen molar-refractivity contribution in [2.45, 2.75) is 38.4 Å². The van der Waals surface area contributed by atoms with Crippen LogP contribution in [-0.4, -0.2) is 71.0 Å². The van der Waals surface area contributed by atoms with Crippen LogP contribution in [0.3, 0.4) is 0 Å². The van der Waals surface area contributed by atoms with Gasteiger partial charge >= 0.3 is 0 Å². The summed E-state index contributed by atoms with van der Waals surface area (Å²) in [6, 6.07) is 0. The Bertz CT molecular complexity index is 585. The van der Waals surface area contributed by atoms with E-state index in [1.54, 1.807) is 0 Å². The summed E-state index contributed by atoms with van der Waals surface area (Å²) in [7, 11) is 0. The van der Waals surface area contributed by atoms with E-state index in [0.29, 0.717) is 12.5 Å². The van der Waals surface area contributed by atoms with Gasteiger partial charge in [0.15, 0.2) is 0 Å². The Morgan fingerprint density at radius 2 is 2.08 bits per heavy atom. The third-order valence-corrected chi connectivity index (χ3v) is 7.36. The van der Waals surface area contributed by atoms with Gasteiger partial charge in [-0.2, -0.15) is 11.8 Å². The fraction of sp³-hybridized carbons (Fsp3) is 0.789. The van der Waals surface area contributed by atoms with Crippen LogP contribution in [0.5, 0.6) is 0 Å². The first-order valence-corrected chi connectivity index (χ1v) is 10.8. The number of nitrogens with zero attached hydrogens (tertiary/aromatic N) is 2. The highest BCUT2D eigenvalue weighted by Gasteiger charge is 2.67. The summed E-state index contributed by atoms with van der Waals surface area (Å²) in [6.45, 7) is 7.34. The molecule has 0 aromatic heterocycles. The van der Waals surface area contributed by atoms with Crippen LogP contribution in [-0.2, 0) is 14.3 Å². The fourth-order valence-corrected chi connectivity index (χ4v) is 5.77. The van der Waals surface area contributed by atoms with Gasteiger partial charge in [-0.1, -0.05) is 38.8 Å². The Kier molecular flexibility index (Phi) is 4.61. The minimum Gasteiger partial charge on any atom is -0.360 e. The number of carbonyl (C=O) groups is 2. The van der Waals surface area contributed by atoms with Gasteiger partial charge in [-0.05, 0) is 5.92 Å². The second-order valence-corrected chi connectivity index (χ2v) is 8.96. The lowest BCUT2D eigenvalue weighted by molar-refractivity contribution is -0.143. The predicted octanol–water partition coefficient (Wildman–Crippen LogP) is 1.78. The second-order valence-electron chi connectivity index (χ2n) is 7.74. The van der Waals surface area contributed by atoms with Crippen LogP contribution in [0.25, 0.3) is 0 Å². The van der Waals surface area contributed by atoms with E-state index in [-0.39, 0.29) is 29.8 Å². The van der Waals surface area contributed by atoms with E-state index in [2.05, 4.69) is 19.9 Å². The lowest BCUT2D eigenvalue weighted by Gasteiger charge is -2.32. The average molecular weight is 365 g/mol. The van der Waals surface area contributed by atoms with Gasteiger partial charge in [-0.3, -0.25) is 9.59 Å². The molecule has 6 heteroatoms. The van der Waals surface area contributed by atoms with Gasteiger partial charge < -0.3 is 14.5 Å². The maximum absolute atomic E-state index is 13.2. The smallest absolute Gasteiger partial charge is 0.230 e. The van der Waals surface area contributed by atoms with Crippen molar-refractivity contribution in [3.63, 3.8) is 0 Å². The van der Waals surface area contributed by atoms with Crippen LogP contribution in [0, 0.1) is 17.8 Å². The highest BCUT2D eigenvalue weighted by Crippen LogP contribution is 2.52. The highest BCUT2D eigenvalue weighted by atomic mass is 32.2. The van der Waals surface area contributed by atoms with Crippen molar-refractivity contribution in [2.24, 2.45) is 17.8 Å². The van der Waals surface area contributed by atoms with Crippen molar-refractivity contribution >= 4 is 23.6 Å². The third kappa shape index (κ3) is 2.72. The van der Waals surface area contributed by atoms with E-state index in [9.17, 15) is 9.59 Å². The zero-order valence-corrected chi connectivity index (χ0v) is 16.0. The van der Waals surface area contributed by atoms with Crippen molar-refractivity contribution in [3.8, 4) is 0 Å². The molecule has 0 N–H and O–H groups in total. The van der Waals surface area contributed by atoms with E-state index in [1.165, 1.54) is 0 Å². The zero-order chi connectivity index (χ0) is 17.6. The Labute approximate surface area is 154 Å². The largest absolute Gasteiger partial charge is 0.360 e. The van der Waals surface area contributed by atoms with Crippen molar-refractivity contribution in [2.75, 3.05) is 37.7 Å². The quantitative estimate of drug-likeness (QED) is 0.698. The maximum Gasteiger partial charge on any atom is 0.230 e. The van der Waals surface area contributed by atoms with Crippen LogP contribution >= 0.6 is 11.8 Å². The summed E-state index contributed by atoms with van der Waals surface area (Å²) in [5, 5.41) is 0. The number of amides is 2. The molecule has 4 atom stereocenters. The topological polar surface area (TPSA) is 49.9 Å². The summed E-state index contributed by atoms with van der Waals surface area (Å²) >= 11 is 1.89. The molecular weight excluding hydrogens is 336 g/mol. The highest BCUT2D eigenvalue weighted by molar-refractivity contribution is 7.99. The summed E-state index contributed by atoms with van der Waals surface area (Å²) in [6.07, 6.45) is 6.01. The lowest BCUT2D eigenvalue weighted by Crippen LogP contribution is -2.48. The zero-order valence-electron chi connectivity index (χ0n) is 15.1. The van der Waals surface area contributed by atoms with E-state index >= 15 is 0 Å². The molecule has 0 unspecified atom stereocenters. The molecule has 5 nitrogen and oxygen atoms in total. The first-order chi connectivity index (χ1) is 12.1. The molecule has 3 saturated heterocycles. The van der Waals surface area contributed by atoms with E-state index in [4.69, 9.17) is 4.74 Å². The molecule has 0 aromatic rings. The number of fused-ring (bicyclic) bond motifs is 1. The number of hydrogen-bond acceptors (Lipinski definition) is 4. The van der Waals surface area contributed by atoms with Crippen LogP contribution in [0.15, 0.2) is 12.2 Å². The Morgan fingerprint density at radius 1 is 1.36 bits per heavy atom. The molecule has 4 rings (SSSR count). The van der Waals surface area contributed by atoms with Crippen molar-refractivity contribution in [1.29, 1.82) is 0 Å². The minimum atomic E-state index is -0.557. The van der Waals surface area contributed by atoms with Crippen molar-refractivity contribution < 1.29 is 14.3 Å². The molecule has 1 spiro atoms. The first-order valence-electron chi connectivity index (χ1n) is 9.62. The van der Waals surface area contributed by atoms with Gasteiger partial charge in [-0.15, -0.1) is 0 Å². The first kappa shape index (κ1) is 17.4. The van der Waals surface area contributed by atoms with Gasteiger partial charge in [0.05, 0.1) is 24.5 Å². The minimum absolute atomic E-state index is 0.124. The maximum atomic E-state index is 13.2. The van der Waals surface area contributed by atoms with E-state index < -0.39 is 5.60 Å². The van der Waals surface area contributed by atoms with Gasteiger partial charge in [0, 0.05) is 31.1 Å². The molecule has 0 aliphatic carbocycles. The van der Waals surface area contributed by atoms with Crippen LogP contribution in [0.1, 0.15) is 26.7 Å². The summed E-state index contributed by atoms with van der Waals surface area (Å²) < 4.78 is 6.23. The molecule has 4 aliphatic rings. The lowest BCUT2D eigenvalue weighted by atomic mass is 9.76. The third-order valence-electron chi connectivity index (χ3n) is 6.42. The number of thioether (sulfide) groups is 1. The van der Waals surface area contributed by atoms with Crippen molar-refractivity contribution in [1.82, 2.24) is 9.80 Å². The van der Waals surface area contributed by atoms with Crippen molar-refractivity contribution in [3.05, 3.63) is 12.2 Å². The number of rotatable bonds is 5. The summed E-state index contributed by atoms with van der Waals surface area (Å²) in [5.41, 5.74) is -0.557. The SMILES string of the molecule is CCC(CC)CN1C[C@]23C=C[C@H](O2)[C@H](C(=O)N2CCSCC2)[C@@H]3C1=O. The predicted molar refractivity (Wildman–Crippen MR) is 98.3 cm³/mol. The molecule has 4 aliphatic heterocycles. The molecule has 2 bridgehead atoms. The molecular formula is C19H28N2O3S. The molecule has 25 heavy (non-hydrogen) atoms. The van der Waals surface area contributed by atoms with Crippen LogP contribution in [0.2, 0.25) is 0 Å². The molecule has 0 aromatic carbocycles. The van der Waals surface area contributed by atoms with Crippen LogP contribution in [0.4, 0.5) is 0 Å². The molecule has 0 radical (unpaired) electrons. The summed E-state index contributed by atoms with van der Waals surface area (Å²) in [4.78, 5) is 30.2. The Hall–Kier alpha value is -1.01. The van der Waals surface area contributed by atoms with Gasteiger partial charge in [0.25, 0.3) is 0 Å². The Balaban J connectivity index is 1.55. The number of hydrogen-bond donors (Lipinski definition) is 0. The molecule has 2 amide bonds. The normalized spacial score (nSPS) is 36.6. The molecule has 4 heterocycles. The average Bonchev–Trinajstić information content (AvgIpc) is 3.28. The molecule has 0 saturated carbocycles. The standard InChI is InChI=1S/C19H28N2O3S/c1-3-13(4-2)11-21-12-19-6-5-14(24-19)15(16(19)18(21)23)17(22)20-7-9-25-10-8-20/h5-6,13-16H,3-4,7-12H2,1-2H3/t14-,15-,16+,19-/m0/s1. The summed E-state index contributed by atoms with van der Waals surface area (Å²) in [5.74, 6) is 2.11. The number of likely N-dealkylation sites (tertiary alicyclic amines) is 1. The molecule has 138 valence electrons. The Morgan fingerprint density at radius 3 is 2.76 bits per heavy atom. The van der Waals surface area contributed by atoms with Gasteiger partial charge in [-0.25, -0.2) is 0 Å². The molecule has 3 fully saturated rings. The second kappa shape index (κ2) is 6.62. The van der Waals surface area contributed by atoms with Gasteiger partial charge in [0.1, 0.15) is 5.60 Å². The van der Waals surface area contributed by atoms with Crippen LogP contribution < -0.4 is 0 Å².